The number of methoxy groups -OCH3 is 1. The van der Waals surface area contributed by atoms with Crippen LogP contribution in [0.4, 0.5) is 11.4 Å². The minimum Gasteiger partial charge on any atom is -0.494 e. The monoisotopic (exact) mass is 325 g/mol. The molecule has 24 heavy (non-hydrogen) atoms. The lowest BCUT2D eigenvalue weighted by Crippen LogP contribution is -2.21. The first kappa shape index (κ1) is 17.2. The molecule has 0 saturated carbocycles. The van der Waals surface area contributed by atoms with Gasteiger partial charge in [0.2, 0.25) is 11.8 Å². The lowest BCUT2D eigenvalue weighted by atomic mass is 10.2. The van der Waals surface area contributed by atoms with Gasteiger partial charge >= 0.3 is 0 Å². The summed E-state index contributed by atoms with van der Waals surface area (Å²) in [6.07, 6.45) is 3.16. The summed E-state index contributed by atoms with van der Waals surface area (Å²) in [5, 5.41) is 5.36. The van der Waals surface area contributed by atoms with Gasteiger partial charge in [-0.2, -0.15) is 0 Å². The van der Waals surface area contributed by atoms with E-state index >= 15 is 0 Å². The van der Waals surface area contributed by atoms with E-state index in [1.807, 2.05) is 30.3 Å². The second kappa shape index (κ2) is 8.50. The third-order valence-corrected chi connectivity index (χ3v) is 3.16. The molecular weight excluding hydrogens is 306 g/mol. The Balaban J connectivity index is 2.07. The Hall–Kier alpha value is -3.12. The largest absolute Gasteiger partial charge is 0.494 e. The number of carbonyl (C=O) groups excluding carboxylic acids is 2. The Morgan fingerprint density at radius 2 is 1.88 bits per heavy atom. The van der Waals surface area contributed by atoms with E-state index in [4.69, 9.17) is 10.5 Å². The molecule has 2 amide bonds. The Morgan fingerprint density at radius 3 is 2.54 bits per heavy atom. The highest BCUT2D eigenvalue weighted by Gasteiger charge is 2.08. The van der Waals surface area contributed by atoms with Crippen molar-refractivity contribution in [1.29, 1.82) is 0 Å². The molecule has 0 aliphatic carbocycles. The molecule has 0 saturated heterocycles. The molecule has 4 N–H and O–H groups in total. The van der Waals surface area contributed by atoms with E-state index in [-0.39, 0.29) is 18.4 Å². The molecule has 2 aromatic rings. The molecule has 0 heterocycles. The van der Waals surface area contributed by atoms with Gasteiger partial charge in [-0.25, -0.2) is 0 Å². The third kappa shape index (κ3) is 4.96. The number of rotatable bonds is 6. The van der Waals surface area contributed by atoms with Gasteiger partial charge in [0.15, 0.2) is 0 Å². The summed E-state index contributed by atoms with van der Waals surface area (Å²) in [7, 11) is 1.49. The summed E-state index contributed by atoms with van der Waals surface area (Å²) < 4.78 is 5.24. The first-order chi connectivity index (χ1) is 11.6. The summed E-state index contributed by atoms with van der Waals surface area (Å²) in [6.45, 7) is -0.106. The van der Waals surface area contributed by atoms with Gasteiger partial charge in [-0.05, 0) is 23.8 Å². The van der Waals surface area contributed by atoms with Crippen molar-refractivity contribution in [2.75, 3.05) is 24.3 Å². The number of ether oxygens (including phenoxy) is 1. The smallest absolute Gasteiger partial charge is 0.248 e. The number of carbonyl (C=O) groups is 2. The van der Waals surface area contributed by atoms with Crippen molar-refractivity contribution >= 4 is 29.3 Å². The van der Waals surface area contributed by atoms with Crippen molar-refractivity contribution in [3.05, 3.63) is 60.2 Å². The number of hydrogen-bond acceptors (Lipinski definition) is 4. The Bertz CT molecular complexity index is 742. The third-order valence-electron chi connectivity index (χ3n) is 3.16. The second-order valence-corrected chi connectivity index (χ2v) is 4.90. The van der Waals surface area contributed by atoms with Crippen LogP contribution in [0.1, 0.15) is 5.56 Å². The maximum absolute atomic E-state index is 12.0. The molecule has 6 nitrogen and oxygen atoms in total. The van der Waals surface area contributed by atoms with Gasteiger partial charge < -0.3 is 21.1 Å². The first-order valence-corrected chi connectivity index (χ1v) is 7.34. The molecular formula is C18H19N3O3. The van der Waals surface area contributed by atoms with E-state index in [9.17, 15) is 9.59 Å². The standard InChI is InChI=1S/C18H19N3O3/c1-24-16-11-14(20-18(23)12-19)8-9-15(16)21-17(22)10-7-13-5-3-2-4-6-13/h2-11H,12,19H2,1H3,(H,20,23)(H,21,22)/b10-7+. The minimum absolute atomic E-state index is 0.106. The maximum atomic E-state index is 12.0. The predicted octanol–water partition coefficient (Wildman–Crippen LogP) is 2.24. The molecule has 0 spiro atoms. The molecule has 0 unspecified atom stereocenters. The van der Waals surface area contributed by atoms with E-state index in [0.29, 0.717) is 17.1 Å². The molecule has 0 bridgehead atoms. The van der Waals surface area contributed by atoms with Crippen LogP contribution in [0.3, 0.4) is 0 Å². The SMILES string of the molecule is COc1cc(NC(=O)CN)ccc1NC(=O)/C=C/c1ccccc1. The van der Waals surface area contributed by atoms with E-state index in [2.05, 4.69) is 10.6 Å². The number of benzene rings is 2. The van der Waals surface area contributed by atoms with Gasteiger partial charge in [-0.3, -0.25) is 9.59 Å². The zero-order valence-electron chi connectivity index (χ0n) is 13.3. The maximum Gasteiger partial charge on any atom is 0.248 e. The Kier molecular flexibility index (Phi) is 6.10. The summed E-state index contributed by atoms with van der Waals surface area (Å²) in [5.74, 6) is -0.151. The molecule has 124 valence electrons. The van der Waals surface area contributed by atoms with Crippen molar-refractivity contribution in [3.63, 3.8) is 0 Å². The average molecular weight is 325 g/mol. The predicted molar refractivity (Wildman–Crippen MR) is 94.8 cm³/mol. The molecule has 0 aliphatic heterocycles. The summed E-state index contributed by atoms with van der Waals surface area (Å²) >= 11 is 0. The fourth-order valence-corrected chi connectivity index (χ4v) is 1.99. The molecule has 0 aliphatic rings. The summed E-state index contributed by atoms with van der Waals surface area (Å²) in [4.78, 5) is 23.3. The van der Waals surface area contributed by atoms with Gasteiger partial charge in [0, 0.05) is 17.8 Å². The van der Waals surface area contributed by atoms with E-state index in [1.165, 1.54) is 13.2 Å². The molecule has 2 aromatic carbocycles. The zero-order chi connectivity index (χ0) is 17.4. The molecule has 0 atom stereocenters. The fraction of sp³-hybridized carbons (Fsp3) is 0.111. The second-order valence-electron chi connectivity index (χ2n) is 4.90. The highest BCUT2D eigenvalue weighted by Crippen LogP contribution is 2.28. The fourth-order valence-electron chi connectivity index (χ4n) is 1.99. The van der Waals surface area contributed by atoms with Gasteiger partial charge in [0.05, 0.1) is 19.3 Å². The van der Waals surface area contributed by atoms with E-state index < -0.39 is 0 Å². The number of amides is 2. The lowest BCUT2D eigenvalue weighted by molar-refractivity contribution is -0.115. The number of hydrogen-bond donors (Lipinski definition) is 3. The summed E-state index contributed by atoms with van der Waals surface area (Å²) in [6, 6.07) is 14.4. The normalized spacial score (nSPS) is 10.4. The Labute approximate surface area is 140 Å². The first-order valence-electron chi connectivity index (χ1n) is 7.34. The molecule has 2 rings (SSSR count). The number of nitrogens with two attached hydrogens (primary N) is 1. The van der Waals surface area contributed by atoms with E-state index in [1.54, 1.807) is 24.3 Å². The van der Waals surface area contributed by atoms with Crippen molar-refractivity contribution in [2.24, 2.45) is 5.73 Å². The van der Waals surface area contributed by atoms with Crippen LogP contribution < -0.4 is 21.1 Å². The van der Waals surface area contributed by atoms with E-state index in [0.717, 1.165) is 5.56 Å². The van der Waals surface area contributed by atoms with Crippen molar-refractivity contribution in [3.8, 4) is 5.75 Å². The summed E-state index contributed by atoms with van der Waals surface area (Å²) in [5.41, 5.74) is 7.24. The Morgan fingerprint density at radius 1 is 1.12 bits per heavy atom. The lowest BCUT2D eigenvalue weighted by Gasteiger charge is -2.11. The molecule has 0 radical (unpaired) electrons. The van der Waals surface area contributed by atoms with Gasteiger partial charge in [-0.1, -0.05) is 30.3 Å². The number of nitrogens with one attached hydrogen (secondary N) is 2. The molecule has 0 aromatic heterocycles. The van der Waals surface area contributed by atoms with Crippen LogP contribution in [0.25, 0.3) is 6.08 Å². The van der Waals surface area contributed by atoms with Crippen LogP contribution >= 0.6 is 0 Å². The minimum atomic E-state index is -0.306. The van der Waals surface area contributed by atoms with Crippen LogP contribution in [0.15, 0.2) is 54.6 Å². The van der Waals surface area contributed by atoms with Gasteiger partial charge in [-0.15, -0.1) is 0 Å². The van der Waals surface area contributed by atoms with Crippen molar-refractivity contribution < 1.29 is 14.3 Å². The zero-order valence-corrected chi connectivity index (χ0v) is 13.3. The van der Waals surface area contributed by atoms with Crippen molar-refractivity contribution in [2.45, 2.75) is 0 Å². The average Bonchev–Trinajstić information content (AvgIpc) is 2.62. The van der Waals surface area contributed by atoms with Crippen LogP contribution in [0.2, 0.25) is 0 Å². The highest BCUT2D eigenvalue weighted by molar-refractivity contribution is 6.03. The van der Waals surface area contributed by atoms with Crippen molar-refractivity contribution in [1.82, 2.24) is 0 Å². The quantitative estimate of drug-likeness (QED) is 0.710. The topological polar surface area (TPSA) is 93.4 Å². The van der Waals surface area contributed by atoms with Gasteiger partial charge in [0.25, 0.3) is 0 Å². The van der Waals surface area contributed by atoms with Crippen LogP contribution in [0.5, 0.6) is 5.75 Å². The van der Waals surface area contributed by atoms with Crippen LogP contribution in [-0.2, 0) is 9.59 Å². The molecule has 0 fully saturated rings. The van der Waals surface area contributed by atoms with Crippen LogP contribution in [0, 0.1) is 0 Å². The molecule has 6 heteroatoms. The van der Waals surface area contributed by atoms with Gasteiger partial charge in [0.1, 0.15) is 5.75 Å². The highest BCUT2D eigenvalue weighted by atomic mass is 16.5. The number of anilines is 2. The van der Waals surface area contributed by atoms with Crippen LogP contribution in [-0.4, -0.2) is 25.5 Å².